The van der Waals surface area contributed by atoms with Gasteiger partial charge in [0.05, 0.1) is 5.69 Å². The molecule has 0 aliphatic rings. The van der Waals surface area contributed by atoms with Gasteiger partial charge < -0.3 is 0 Å². The van der Waals surface area contributed by atoms with E-state index in [2.05, 4.69) is 16.0 Å². The van der Waals surface area contributed by atoms with E-state index in [1.165, 1.54) is 0 Å². The summed E-state index contributed by atoms with van der Waals surface area (Å²) in [6.45, 7) is 2.04. The van der Waals surface area contributed by atoms with Gasteiger partial charge in [-0.05, 0) is 66.6 Å². The fourth-order valence-electron chi connectivity index (χ4n) is 3.09. The lowest BCUT2D eigenvalue weighted by atomic mass is 10.1. The molecule has 0 spiro atoms. The Balaban J connectivity index is 2.00. The van der Waals surface area contributed by atoms with Crippen LogP contribution in [-0.4, -0.2) is 14.5 Å². The van der Waals surface area contributed by atoms with Crippen molar-refractivity contribution in [1.29, 1.82) is 0 Å². The molecule has 6 heteroatoms. The maximum absolute atomic E-state index is 6.24. The highest BCUT2D eigenvalue weighted by atomic mass is 35.5. The number of halogens is 2. The van der Waals surface area contributed by atoms with Crippen LogP contribution in [0.15, 0.2) is 67.1 Å². The van der Waals surface area contributed by atoms with Crippen LogP contribution >= 0.6 is 35.4 Å². The first-order chi connectivity index (χ1) is 13.5. The van der Waals surface area contributed by atoms with Gasteiger partial charge in [-0.1, -0.05) is 41.5 Å². The number of aromatic nitrogens is 3. The molecule has 0 N–H and O–H groups in total. The lowest BCUT2D eigenvalue weighted by molar-refractivity contribution is 1.04. The lowest BCUT2D eigenvalue weighted by Gasteiger charge is -2.14. The average molecular weight is 424 g/mol. The minimum Gasteiger partial charge on any atom is -0.284 e. The highest BCUT2D eigenvalue weighted by Gasteiger charge is 2.10. The SMILES string of the molecule is CC(=Cc1cc2cccnc2n(-c2cc(Cl)cc(Cl)c2)c1=S)c1cccnc1. The van der Waals surface area contributed by atoms with Gasteiger partial charge in [-0.25, -0.2) is 4.98 Å². The van der Waals surface area contributed by atoms with E-state index in [1.807, 2.05) is 60.2 Å². The summed E-state index contributed by atoms with van der Waals surface area (Å²) < 4.78 is 2.54. The first-order valence-corrected chi connectivity index (χ1v) is 9.75. The van der Waals surface area contributed by atoms with Crippen molar-refractivity contribution < 1.29 is 0 Å². The third kappa shape index (κ3) is 3.72. The molecular formula is C22H15Cl2N3S. The molecular weight excluding hydrogens is 409 g/mol. The predicted octanol–water partition coefficient (Wildman–Crippen LogP) is 7.02. The summed E-state index contributed by atoms with van der Waals surface area (Å²) in [6.07, 6.45) is 7.40. The van der Waals surface area contributed by atoms with Crippen molar-refractivity contribution in [3.05, 3.63) is 92.9 Å². The quantitative estimate of drug-likeness (QED) is 0.331. The lowest BCUT2D eigenvalue weighted by Crippen LogP contribution is -2.03. The van der Waals surface area contributed by atoms with Gasteiger partial charge in [-0.15, -0.1) is 0 Å². The van der Waals surface area contributed by atoms with E-state index < -0.39 is 0 Å². The van der Waals surface area contributed by atoms with Crippen LogP contribution in [-0.2, 0) is 0 Å². The second-order valence-electron chi connectivity index (χ2n) is 6.35. The molecule has 0 atom stereocenters. The van der Waals surface area contributed by atoms with Crippen molar-refractivity contribution >= 4 is 58.1 Å². The third-order valence-corrected chi connectivity index (χ3v) is 5.24. The van der Waals surface area contributed by atoms with E-state index in [4.69, 9.17) is 35.4 Å². The molecule has 4 rings (SSSR count). The van der Waals surface area contributed by atoms with Crippen LogP contribution in [0.3, 0.4) is 0 Å². The molecule has 0 radical (unpaired) electrons. The Hall–Kier alpha value is -2.53. The summed E-state index contributed by atoms with van der Waals surface area (Å²) in [4.78, 5) is 8.73. The van der Waals surface area contributed by atoms with Crippen molar-refractivity contribution in [2.24, 2.45) is 0 Å². The standard InChI is InChI=1S/C22H15Cl2N3S/c1-14(16-5-2-6-25-13-16)8-17-9-15-4-3-7-26-21(15)27(22(17)28)20-11-18(23)10-19(24)12-20/h2-13H,1H3. The Morgan fingerprint density at radius 1 is 1.04 bits per heavy atom. The Morgan fingerprint density at radius 3 is 2.50 bits per heavy atom. The van der Waals surface area contributed by atoms with E-state index in [0.29, 0.717) is 14.7 Å². The van der Waals surface area contributed by atoms with Crippen LogP contribution in [0.25, 0.3) is 28.4 Å². The van der Waals surface area contributed by atoms with Crippen LogP contribution < -0.4 is 0 Å². The van der Waals surface area contributed by atoms with Gasteiger partial charge in [-0.3, -0.25) is 9.55 Å². The molecule has 0 aliphatic carbocycles. The summed E-state index contributed by atoms with van der Waals surface area (Å²) >= 11 is 18.3. The highest BCUT2D eigenvalue weighted by molar-refractivity contribution is 7.71. The minimum absolute atomic E-state index is 0.543. The third-order valence-electron chi connectivity index (χ3n) is 4.38. The Kier molecular flexibility index (Phi) is 5.27. The molecule has 0 amide bonds. The van der Waals surface area contributed by atoms with Gasteiger partial charge in [-0.2, -0.15) is 0 Å². The van der Waals surface area contributed by atoms with Crippen molar-refractivity contribution in [3.8, 4) is 5.69 Å². The van der Waals surface area contributed by atoms with Crippen molar-refractivity contribution in [3.63, 3.8) is 0 Å². The number of fused-ring (bicyclic) bond motifs is 1. The highest BCUT2D eigenvalue weighted by Crippen LogP contribution is 2.28. The van der Waals surface area contributed by atoms with Crippen molar-refractivity contribution in [2.75, 3.05) is 0 Å². The second-order valence-corrected chi connectivity index (χ2v) is 7.61. The zero-order valence-electron chi connectivity index (χ0n) is 14.9. The van der Waals surface area contributed by atoms with E-state index in [0.717, 1.165) is 33.4 Å². The van der Waals surface area contributed by atoms with Gasteiger partial charge >= 0.3 is 0 Å². The summed E-state index contributed by atoms with van der Waals surface area (Å²) in [6, 6.07) is 15.3. The Bertz CT molecular complexity index is 1240. The monoisotopic (exact) mass is 423 g/mol. The molecule has 3 aromatic heterocycles. The number of nitrogens with zero attached hydrogens (tertiary/aromatic N) is 3. The largest absolute Gasteiger partial charge is 0.284 e. The maximum atomic E-state index is 6.24. The molecule has 0 bridgehead atoms. The molecule has 3 heterocycles. The first kappa shape index (κ1) is 18.8. The molecule has 0 fully saturated rings. The predicted molar refractivity (Wildman–Crippen MR) is 120 cm³/mol. The number of rotatable bonds is 3. The topological polar surface area (TPSA) is 30.7 Å². The van der Waals surface area contributed by atoms with Crippen LogP contribution in [0.2, 0.25) is 10.0 Å². The van der Waals surface area contributed by atoms with E-state index in [-0.39, 0.29) is 0 Å². The van der Waals surface area contributed by atoms with Crippen molar-refractivity contribution in [2.45, 2.75) is 6.92 Å². The smallest absolute Gasteiger partial charge is 0.145 e. The van der Waals surface area contributed by atoms with Gasteiger partial charge in [0.25, 0.3) is 0 Å². The molecule has 0 saturated carbocycles. The van der Waals surface area contributed by atoms with Crippen LogP contribution in [0, 0.1) is 4.64 Å². The van der Waals surface area contributed by atoms with Crippen LogP contribution in [0.1, 0.15) is 18.1 Å². The molecule has 0 unspecified atom stereocenters. The molecule has 3 nitrogen and oxygen atoms in total. The van der Waals surface area contributed by atoms with Gasteiger partial charge in [0.1, 0.15) is 10.3 Å². The minimum atomic E-state index is 0.543. The molecule has 0 saturated heterocycles. The molecule has 4 aromatic rings. The number of benzene rings is 1. The zero-order chi connectivity index (χ0) is 19.7. The second kappa shape index (κ2) is 7.84. The van der Waals surface area contributed by atoms with Crippen molar-refractivity contribution in [1.82, 2.24) is 14.5 Å². The zero-order valence-corrected chi connectivity index (χ0v) is 17.3. The fraction of sp³-hybridized carbons (Fsp3) is 0.0455. The first-order valence-electron chi connectivity index (χ1n) is 8.59. The Labute approximate surface area is 177 Å². The maximum Gasteiger partial charge on any atom is 0.145 e. The number of allylic oxidation sites excluding steroid dienone is 1. The van der Waals surface area contributed by atoms with Crippen LogP contribution in [0.4, 0.5) is 0 Å². The molecule has 0 aliphatic heterocycles. The molecule has 138 valence electrons. The summed E-state index contributed by atoms with van der Waals surface area (Å²) in [7, 11) is 0. The van der Waals surface area contributed by atoms with Crippen LogP contribution in [0.5, 0.6) is 0 Å². The van der Waals surface area contributed by atoms with E-state index >= 15 is 0 Å². The average Bonchev–Trinajstić information content (AvgIpc) is 2.68. The number of hydrogen-bond donors (Lipinski definition) is 0. The number of hydrogen-bond acceptors (Lipinski definition) is 3. The van der Waals surface area contributed by atoms with E-state index in [9.17, 15) is 0 Å². The summed E-state index contributed by atoms with van der Waals surface area (Å²) in [5.74, 6) is 0. The molecule has 28 heavy (non-hydrogen) atoms. The van der Waals surface area contributed by atoms with Gasteiger partial charge in [0, 0.05) is 39.6 Å². The normalized spacial score (nSPS) is 11.8. The Morgan fingerprint density at radius 2 is 1.79 bits per heavy atom. The number of pyridine rings is 3. The molecule has 1 aromatic carbocycles. The summed E-state index contributed by atoms with van der Waals surface area (Å²) in [5, 5.41) is 2.05. The fourth-order valence-corrected chi connectivity index (χ4v) is 3.91. The van der Waals surface area contributed by atoms with Gasteiger partial charge in [0.2, 0.25) is 0 Å². The van der Waals surface area contributed by atoms with E-state index in [1.54, 1.807) is 18.5 Å². The summed E-state index contributed by atoms with van der Waals surface area (Å²) in [5.41, 5.74) is 4.55. The van der Waals surface area contributed by atoms with Gasteiger partial charge in [0.15, 0.2) is 0 Å².